The number of aromatic nitrogens is 2. The number of piperazine rings is 1. The molecule has 1 aliphatic heterocycles. The minimum atomic E-state index is 0.325. The third kappa shape index (κ3) is 2.98. The van der Waals surface area contributed by atoms with Crippen LogP contribution in [0.15, 0.2) is 51.5 Å². The number of rotatable bonds is 4. The topological polar surface area (TPSA) is 78.8 Å². The van der Waals surface area contributed by atoms with Gasteiger partial charge in [-0.05, 0) is 24.3 Å². The van der Waals surface area contributed by atoms with Crippen molar-refractivity contribution < 1.29 is 13.9 Å². The molecule has 7 heteroatoms. The fourth-order valence-electron chi connectivity index (χ4n) is 2.89. The molecule has 1 fully saturated rings. The minimum Gasteiger partial charge on any atom is -0.506 e. The fraction of sp³-hybridized carbons (Fsp3) is 0.294. The molecule has 0 aliphatic carbocycles. The van der Waals surface area contributed by atoms with Crippen LogP contribution in [0.4, 0.5) is 5.69 Å². The highest BCUT2D eigenvalue weighted by Crippen LogP contribution is 2.27. The number of hydrogen-bond acceptors (Lipinski definition) is 7. The number of hydrogen-bond donors (Lipinski definition) is 1. The molecule has 1 N–H and O–H groups in total. The molecule has 3 aromatic rings. The Hall–Kier alpha value is -2.80. The molecule has 124 valence electrons. The van der Waals surface area contributed by atoms with Gasteiger partial charge in [0.1, 0.15) is 5.75 Å². The molecule has 24 heavy (non-hydrogen) atoms. The Morgan fingerprint density at radius 2 is 1.83 bits per heavy atom. The van der Waals surface area contributed by atoms with Gasteiger partial charge in [-0.15, -0.1) is 10.2 Å². The molecule has 0 saturated carbocycles. The van der Waals surface area contributed by atoms with E-state index >= 15 is 0 Å². The average Bonchev–Trinajstić information content (AvgIpc) is 3.27. The summed E-state index contributed by atoms with van der Waals surface area (Å²) in [7, 11) is 0. The van der Waals surface area contributed by atoms with Crippen LogP contribution in [0, 0.1) is 0 Å². The Kier molecular flexibility index (Phi) is 3.92. The van der Waals surface area contributed by atoms with Crippen LogP contribution in [0.1, 0.15) is 5.89 Å². The summed E-state index contributed by atoms with van der Waals surface area (Å²) in [5, 5.41) is 18.1. The van der Waals surface area contributed by atoms with E-state index in [1.807, 2.05) is 18.2 Å². The Balaban J connectivity index is 1.36. The van der Waals surface area contributed by atoms with Gasteiger partial charge >= 0.3 is 0 Å². The zero-order chi connectivity index (χ0) is 16.4. The highest BCUT2D eigenvalue weighted by molar-refractivity contribution is 5.57. The van der Waals surface area contributed by atoms with E-state index in [0.29, 0.717) is 29.8 Å². The Labute approximate surface area is 139 Å². The van der Waals surface area contributed by atoms with Crippen molar-refractivity contribution >= 4 is 5.69 Å². The predicted molar refractivity (Wildman–Crippen MR) is 87.6 cm³/mol. The zero-order valence-electron chi connectivity index (χ0n) is 13.1. The van der Waals surface area contributed by atoms with Gasteiger partial charge in [0.15, 0.2) is 5.76 Å². The van der Waals surface area contributed by atoms with Gasteiger partial charge in [0.25, 0.3) is 5.89 Å². The van der Waals surface area contributed by atoms with Crippen molar-refractivity contribution in [2.75, 3.05) is 31.1 Å². The lowest BCUT2D eigenvalue weighted by molar-refractivity contribution is 0.226. The first-order valence-electron chi connectivity index (χ1n) is 7.91. The van der Waals surface area contributed by atoms with Gasteiger partial charge in [-0.2, -0.15) is 0 Å². The zero-order valence-corrected chi connectivity index (χ0v) is 13.1. The first kappa shape index (κ1) is 14.8. The molecule has 1 aliphatic rings. The maximum absolute atomic E-state index is 9.96. The third-order valence-corrected chi connectivity index (χ3v) is 4.15. The van der Waals surface area contributed by atoms with Crippen LogP contribution in [0.5, 0.6) is 5.75 Å². The average molecular weight is 326 g/mol. The molecule has 0 spiro atoms. The molecule has 0 radical (unpaired) electrons. The standard InChI is InChI=1S/C17H18N4O3/c22-14-5-2-1-4-13(14)21-9-7-20(8-10-21)12-16-18-19-17(24-16)15-6-3-11-23-15/h1-6,11,22H,7-10,12H2. The number of para-hydroxylation sites is 2. The molecular formula is C17H18N4O3. The van der Waals surface area contributed by atoms with Crippen molar-refractivity contribution in [1.82, 2.24) is 15.1 Å². The number of nitrogens with zero attached hydrogens (tertiary/aromatic N) is 4. The summed E-state index contributed by atoms with van der Waals surface area (Å²) in [4.78, 5) is 4.45. The molecule has 0 bridgehead atoms. The molecule has 2 aromatic heterocycles. The summed E-state index contributed by atoms with van der Waals surface area (Å²) in [6.07, 6.45) is 1.58. The molecule has 0 unspecified atom stereocenters. The van der Waals surface area contributed by atoms with Gasteiger partial charge in [0.2, 0.25) is 5.89 Å². The lowest BCUT2D eigenvalue weighted by atomic mass is 10.2. The summed E-state index contributed by atoms with van der Waals surface area (Å²) in [5.74, 6) is 1.89. The minimum absolute atomic E-state index is 0.325. The van der Waals surface area contributed by atoms with Crippen molar-refractivity contribution in [3.8, 4) is 17.4 Å². The van der Waals surface area contributed by atoms with Crippen molar-refractivity contribution in [3.63, 3.8) is 0 Å². The maximum atomic E-state index is 9.96. The number of phenols is 1. The highest BCUT2D eigenvalue weighted by atomic mass is 16.4. The maximum Gasteiger partial charge on any atom is 0.283 e. The van der Waals surface area contributed by atoms with Gasteiger partial charge in [-0.3, -0.25) is 4.90 Å². The van der Waals surface area contributed by atoms with Crippen LogP contribution in [0.2, 0.25) is 0 Å². The van der Waals surface area contributed by atoms with Crippen molar-refractivity contribution in [1.29, 1.82) is 0 Å². The van der Waals surface area contributed by atoms with E-state index in [0.717, 1.165) is 31.9 Å². The molecule has 1 aromatic carbocycles. The number of furan rings is 1. The Morgan fingerprint density at radius 1 is 1.00 bits per heavy atom. The van der Waals surface area contributed by atoms with Crippen LogP contribution in [-0.4, -0.2) is 46.4 Å². The second-order valence-electron chi connectivity index (χ2n) is 5.73. The fourth-order valence-corrected chi connectivity index (χ4v) is 2.89. The molecule has 7 nitrogen and oxygen atoms in total. The van der Waals surface area contributed by atoms with Gasteiger partial charge in [0.05, 0.1) is 18.5 Å². The molecule has 3 heterocycles. The SMILES string of the molecule is Oc1ccccc1N1CCN(Cc2nnc(-c3ccco3)o2)CC1. The first-order valence-corrected chi connectivity index (χ1v) is 7.91. The van der Waals surface area contributed by atoms with Crippen molar-refractivity contribution in [2.45, 2.75) is 6.54 Å². The van der Waals surface area contributed by atoms with Crippen LogP contribution < -0.4 is 4.90 Å². The molecule has 0 amide bonds. The van der Waals surface area contributed by atoms with Gasteiger partial charge < -0.3 is 18.8 Å². The third-order valence-electron chi connectivity index (χ3n) is 4.15. The van der Waals surface area contributed by atoms with E-state index in [4.69, 9.17) is 8.83 Å². The van der Waals surface area contributed by atoms with Crippen molar-refractivity contribution in [2.24, 2.45) is 0 Å². The predicted octanol–water partition coefficient (Wildman–Crippen LogP) is 2.36. The normalized spacial score (nSPS) is 15.8. The molecule has 4 rings (SSSR count). The lowest BCUT2D eigenvalue weighted by Gasteiger charge is -2.35. The second kappa shape index (κ2) is 6.37. The summed E-state index contributed by atoms with van der Waals surface area (Å²) in [5.41, 5.74) is 0.884. The van der Waals surface area contributed by atoms with Gasteiger partial charge in [-0.1, -0.05) is 12.1 Å². The lowest BCUT2D eigenvalue weighted by Crippen LogP contribution is -2.46. The quantitative estimate of drug-likeness (QED) is 0.788. The van der Waals surface area contributed by atoms with Crippen LogP contribution >= 0.6 is 0 Å². The van der Waals surface area contributed by atoms with Gasteiger partial charge in [-0.25, -0.2) is 0 Å². The van der Waals surface area contributed by atoms with Crippen LogP contribution in [0.3, 0.4) is 0 Å². The molecule has 0 atom stereocenters. The summed E-state index contributed by atoms with van der Waals surface area (Å²) < 4.78 is 10.9. The van der Waals surface area contributed by atoms with Gasteiger partial charge in [0, 0.05) is 26.2 Å². The van der Waals surface area contributed by atoms with E-state index in [9.17, 15) is 5.11 Å². The second-order valence-corrected chi connectivity index (χ2v) is 5.73. The Morgan fingerprint density at radius 3 is 2.58 bits per heavy atom. The first-order chi connectivity index (χ1) is 11.8. The van der Waals surface area contributed by atoms with E-state index < -0.39 is 0 Å². The molecular weight excluding hydrogens is 308 g/mol. The highest BCUT2D eigenvalue weighted by Gasteiger charge is 2.21. The number of benzene rings is 1. The smallest absolute Gasteiger partial charge is 0.283 e. The van der Waals surface area contributed by atoms with E-state index in [-0.39, 0.29) is 0 Å². The number of aromatic hydroxyl groups is 1. The summed E-state index contributed by atoms with van der Waals surface area (Å²) in [6, 6.07) is 11.0. The summed E-state index contributed by atoms with van der Waals surface area (Å²) >= 11 is 0. The number of phenolic OH excluding ortho intramolecular Hbond substituents is 1. The largest absolute Gasteiger partial charge is 0.506 e. The Bertz CT molecular complexity index is 792. The number of anilines is 1. The van der Waals surface area contributed by atoms with E-state index in [1.165, 1.54) is 0 Å². The van der Waals surface area contributed by atoms with Crippen LogP contribution in [0.25, 0.3) is 11.7 Å². The van der Waals surface area contributed by atoms with E-state index in [1.54, 1.807) is 24.5 Å². The monoisotopic (exact) mass is 326 g/mol. The molecule has 1 saturated heterocycles. The van der Waals surface area contributed by atoms with E-state index in [2.05, 4.69) is 20.0 Å². The summed E-state index contributed by atoms with van der Waals surface area (Å²) in [6.45, 7) is 4.04. The van der Waals surface area contributed by atoms with Crippen molar-refractivity contribution in [3.05, 3.63) is 48.6 Å². The van der Waals surface area contributed by atoms with Crippen LogP contribution in [-0.2, 0) is 6.54 Å².